The number of carbonyl (C=O) groups excluding carboxylic acids is 1. The molecule has 156 valence electrons. The first-order valence-electron chi connectivity index (χ1n) is 9.92. The van der Waals surface area contributed by atoms with Crippen molar-refractivity contribution >= 4 is 17.5 Å². The predicted molar refractivity (Wildman–Crippen MR) is 123 cm³/mol. The summed E-state index contributed by atoms with van der Waals surface area (Å²) in [5.74, 6) is 0.722. The molecule has 4 rings (SSSR count). The van der Waals surface area contributed by atoms with Crippen LogP contribution < -0.4 is 10.1 Å². The molecule has 1 heterocycles. The van der Waals surface area contributed by atoms with Crippen LogP contribution in [0.5, 0.6) is 5.75 Å². The van der Waals surface area contributed by atoms with Crippen molar-refractivity contribution in [1.29, 1.82) is 0 Å². The molecule has 6 heteroatoms. The number of para-hydroxylation sites is 1. The molecular weight excluding hydrogens is 410 g/mol. The van der Waals surface area contributed by atoms with Gasteiger partial charge in [-0.2, -0.15) is 5.10 Å². The number of ether oxygens (including phenoxy) is 1. The van der Waals surface area contributed by atoms with Crippen LogP contribution in [0.3, 0.4) is 0 Å². The fourth-order valence-electron chi connectivity index (χ4n) is 3.29. The molecule has 0 spiro atoms. The number of methoxy groups -OCH3 is 1. The van der Waals surface area contributed by atoms with E-state index in [1.54, 1.807) is 19.2 Å². The van der Waals surface area contributed by atoms with E-state index < -0.39 is 0 Å². The first-order valence-corrected chi connectivity index (χ1v) is 10.3. The van der Waals surface area contributed by atoms with E-state index in [4.69, 9.17) is 21.4 Å². The van der Waals surface area contributed by atoms with Gasteiger partial charge >= 0.3 is 0 Å². The molecule has 0 aliphatic rings. The van der Waals surface area contributed by atoms with Crippen molar-refractivity contribution in [3.8, 4) is 22.7 Å². The lowest BCUT2D eigenvalue weighted by Gasteiger charge is -2.07. The lowest BCUT2D eigenvalue weighted by Crippen LogP contribution is -2.24. The SMILES string of the molecule is COc1ccc(-c2nn(-c3ccccc3)cc2CNC(=O)Cc2ccc(Cl)cc2)cc1. The number of halogens is 1. The predicted octanol–water partition coefficient (Wildman–Crippen LogP) is 5.06. The highest BCUT2D eigenvalue weighted by Gasteiger charge is 2.14. The van der Waals surface area contributed by atoms with Gasteiger partial charge in [-0.1, -0.05) is 41.9 Å². The fraction of sp³-hybridized carbons (Fsp3) is 0.120. The van der Waals surface area contributed by atoms with E-state index >= 15 is 0 Å². The van der Waals surface area contributed by atoms with Gasteiger partial charge in [0, 0.05) is 28.9 Å². The summed E-state index contributed by atoms with van der Waals surface area (Å²) >= 11 is 5.92. The van der Waals surface area contributed by atoms with Crippen molar-refractivity contribution in [1.82, 2.24) is 15.1 Å². The Hall–Kier alpha value is -3.57. The van der Waals surface area contributed by atoms with Gasteiger partial charge in [0.15, 0.2) is 0 Å². The van der Waals surface area contributed by atoms with Crippen molar-refractivity contribution in [2.75, 3.05) is 7.11 Å². The standard InChI is InChI=1S/C25H22ClN3O2/c1-31-23-13-9-19(10-14-23)25-20(17-29(28-25)22-5-3-2-4-6-22)16-27-24(30)15-18-7-11-21(26)12-8-18/h2-14,17H,15-16H2,1H3,(H,27,30). The van der Waals surface area contributed by atoms with Gasteiger partial charge in [0.05, 0.1) is 24.9 Å². The van der Waals surface area contributed by atoms with Gasteiger partial charge in [-0.3, -0.25) is 4.79 Å². The highest BCUT2D eigenvalue weighted by molar-refractivity contribution is 6.30. The Morgan fingerprint density at radius 3 is 2.39 bits per heavy atom. The smallest absolute Gasteiger partial charge is 0.224 e. The summed E-state index contributed by atoms with van der Waals surface area (Å²) in [5.41, 5.74) is 4.57. The number of hydrogen-bond donors (Lipinski definition) is 1. The maximum Gasteiger partial charge on any atom is 0.224 e. The van der Waals surface area contributed by atoms with E-state index in [2.05, 4.69) is 5.32 Å². The summed E-state index contributed by atoms with van der Waals surface area (Å²) in [4.78, 5) is 12.5. The summed E-state index contributed by atoms with van der Waals surface area (Å²) in [5, 5.41) is 8.45. The number of nitrogens with one attached hydrogen (secondary N) is 1. The Bertz CT molecular complexity index is 1150. The Morgan fingerprint density at radius 2 is 1.71 bits per heavy atom. The average Bonchev–Trinajstić information content (AvgIpc) is 3.24. The normalized spacial score (nSPS) is 10.6. The minimum Gasteiger partial charge on any atom is -0.497 e. The van der Waals surface area contributed by atoms with Gasteiger partial charge in [0.2, 0.25) is 5.91 Å². The maximum atomic E-state index is 12.5. The first kappa shape index (κ1) is 20.7. The van der Waals surface area contributed by atoms with Crippen molar-refractivity contribution < 1.29 is 9.53 Å². The minimum atomic E-state index is -0.0598. The average molecular weight is 432 g/mol. The van der Waals surface area contributed by atoms with Gasteiger partial charge < -0.3 is 10.1 Å². The summed E-state index contributed by atoms with van der Waals surface area (Å²) < 4.78 is 7.10. The summed E-state index contributed by atoms with van der Waals surface area (Å²) in [6, 6.07) is 24.9. The van der Waals surface area contributed by atoms with E-state index in [0.29, 0.717) is 18.0 Å². The third-order valence-corrected chi connectivity index (χ3v) is 5.18. The van der Waals surface area contributed by atoms with Crippen LogP contribution in [-0.2, 0) is 17.8 Å². The zero-order valence-electron chi connectivity index (χ0n) is 17.1. The number of rotatable bonds is 7. The molecule has 0 aliphatic carbocycles. The van der Waals surface area contributed by atoms with E-state index in [9.17, 15) is 4.79 Å². The van der Waals surface area contributed by atoms with Crippen molar-refractivity contribution in [2.45, 2.75) is 13.0 Å². The zero-order chi connectivity index (χ0) is 21.6. The van der Waals surface area contributed by atoms with Gasteiger partial charge in [0.1, 0.15) is 5.75 Å². The first-order chi connectivity index (χ1) is 15.1. The second-order valence-corrected chi connectivity index (χ2v) is 7.53. The monoisotopic (exact) mass is 431 g/mol. The van der Waals surface area contributed by atoms with Crippen LogP contribution in [0.4, 0.5) is 0 Å². The van der Waals surface area contributed by atoms with Gasteiger partial charge in [-0.15, -0.1) is 0 Å². The minimum absolute atomic E-state index is 0.0598. The van der Waals surface area contributed by atoms with Gasteiger partial charge in [-0.25, -0.2) is 4.68 Å². The quantitative estimate of drug-likeness (QED) is 0.445. The van der Waals surface area contributed by atoms with Crippen molar-refractivity contribution in [3.05, 3.63) is 101 Å². The summed E-state index contributed by atoms with van der Waals surface area (Å²) in [7, 11) is 1.64. The van der Waals surface area contributed by atoms with Crippen LogP contribution in [0, 0.1) is 0 Å². The third kappa shape index (κ3) is 5.13. The topological polar surface area (TPSA) is 56.1 Å². The van der Waals surface area contributed by atoms with Crippen LogP contribution in [0.1, 0.15) is 11.1 Å². The van der Waals surface area contributed by atoms with E-state index in [1.165, 1.54) is 0 Å². The van der Waals surface area contributed by atoms with E-state index in [1.807, 2.05) is 77.6 Å². The second kappa shape index (κ2) is 9.49. The maximum absolute atomic E-state index is 12.5. The molecule has 0 atom stereocenters. The molecule has 31 heavy (non-hydrogen) atoms. The molecule has 0 saturated heterocycles. The number of nitrogens with zero attached hydrogens (tertiary/aromatic N) is 2. The molecule has 0 aliphatic heterocycles. The van der Waals surface area contributed by atoms with Crippen LogP contribution in [0.15, 0.2) is 85.1 Å². The Labute approximate surface area is 186 Å². The number of hydrogen-bond acceptors (Lipinski definition) is 3. The molecule has 1 N–H and O–H groups in total. The lowest BCUT2D eigenvalue weighted by atomic mass is 10.1. The largest absolute Gasteiger partial charge is 0.497 e. The molecular formula is C25H22ClN3O2. The number of carbonyl (C=O) groups is 1. The molecule has 4 aromatic rings. The molecule has 1 amide bonds. The van der Waals surface area contributed by atoms with Gasteiger partial charge in [-0.05, 0) is 54.1 Å². The molecule has 0 unspecified atom stereocenters. The van der Waals surface area contributed by atoms with Crippen LogP contribution in [0.2, 0.25) is 5.02 Å². The highest BCUT2D eigenvalue weighted by Crippen LogP contribution is 2.26. The molecule has 0 radical (unpaired) electrons. The van der Waals surface area contributed by atoms with E-state index in [-0.39, 0.29) is 5.91 Å². The van der Waals surface area contributed by atoms with E-state index in [0.717, 1.165) is 33.8 Å². The molecule has 5 nitrogen and oxygen atoms in total. The van der Waals surface area contributed by atoms with Crippen molar-refractivity contribution in [2.24, 2.45) is 0 Å². The highest BCUT2D eigenvalue weighted by atomic mass is 35.5. The van der Waals surface area contributed by atoms with Crippen molar-refractivity contribution in [3.63, 3.8) is 0 Å². The molecule has 0 saturated carbocycles. The lowest BCUT2D eigenvalue weighted by molar-refractivity contribution is -0.120. The number of aromatic nitrogens is 2. The third-order valence-electron chi connectivity index (χ3n) is 4.93. The number of amides is 1. The van der Waals surface area contributed by atoms with Gasteiger partial charge in [0.25, 0.3) is 0 Å². The zero-order valence-corrected chi connectivity index (χ0v) is 17.8. The summed E-state index contributed by atoms with van der Waals surface area (Å²) in [6.45, 7) is 0.376. The molecule has 3 aromatic carbocycles. The Morgan fingerprint density at radius 1 is 1.00 bits per heavy atom. The summed E-state index contributed by atoms with van der Waals surface area (Å²) in [6.07, 6.45) is 2.25. The van der Waals surface area contributed by atoms with Crippen LogP contribution in [0.25, 0.3) is 16.9 Å². The van der Waals surface area contributed by atoms with Crippen LogP contribution in [-0.4, -0.2) is 22.8 Å². The Kier molecular flexibility index (Phi) is 6.34. The fourth-order valence-corrected chi connectivity index (χ4v) is 3.41. The second-order valence-electron chi connectivity index (χ2n) is 7.09. The Balaban J connectivity index is 1.56. The van der Waals surface area contributed by atoms with Crippen LogP contribution >= 0.6 is 11.6 Å². The molecule has 1 aromatic heterocycles. The molecule has 0 bridgehead atoms. The molecule has 0 fully saturated rings. The number of benzene rings is 3.